The Balaban J connectivity index is 3.05. The minimum Gasteiger partial charge on any atom is -0.394 e. The summed E-state index contributed by atoms with van der Waals surface area (Å²) in [5.41, 5.74) is -0.715. The van der Waals surface area contributed by atoms with E-state index in [-0.39, 0.29) is 12.2 Å². The molecule has 1 amide bonds. The van der Waals surface area contributed by atoms with Gasteiger partial charge in [-0.15, -0.1) is 0 Å². The summed E-state index contributed by atoms with van der Waals surface area (Å²) in [6.07, 6.45) is 1.19. The second kappa shape index (κ2) is 5.40. The molecule has 7 nitrogen and oxygen atoms in total. The van der Waals surface area contributed by atoms with Crippen molar-refractivity contribution in [2.75, 3.05) is 6.61 Å². The largest absolute Gasteiger partial charge is 0.394 e. The SMILES string of the molecule is CC(C)(CO)NC(=O)c1cc([N+](=O)[O-])ncc1Br. The van der Waals surface area contributed by atoms with Crippen molar-refractivity contribution < 1.29 is 14.8 Å². The summed E-state index contributed by atoms with van der Waals surface area (Å²) in [4.78, 5) is 25.4. The molecule has 0 unspecified atom stereocenters. The number of carbonyl (C=O) groups is 1. The number of amides is 1. The third kappa shape index (κ3) is 3.47. The van der Waals surface area contributed by atoms with Crippen molar-refractivity contribution in [3.63, 3.8) is 0 Å². The lowest BCUT2D eigenvalue weighted by molar-refractivity contribution is -0.389. The number of hydrogen-bond donors (Lipinski definition) is 2. The molecule has 18 heavy (non-hydrogen) atoms. The predicted molar refractivity (Wildman–Crippen MR) is 67.2 cm³/mol. The summed E-state index contributed by atoms with van der Waals surface area (Å²) >= 11 is 3.10. The lowest BCUT2D eigenvalue weighted by Crippen LogP contribution is -2.46. The number of nitro groups is 1. The maximum atomic E-state index is 11.9. The lowest BCUT2D eigenvalue weighted by atomic mass is 10.1. The smallest absolute Gasteiger partial charge is 0.364 e. The number of nitrogens with zero attached hydrogens (tertiary/aromatic N) is 2. The van der Waals surface area contributed by atoms with E-state index in [0.717, 1.165) is 6.07 Å². The number of pyridine rings is 1. The summed E-state index contributed by atoms with van der Waals surface area (Å²) in [6.45, 7) is 3.02. The van der Waals surface area contributed by atoms with Gasteiger partial charge in [-0.25, -0.2) is 0 Å². The van der Waals surface area contributed by atoms with Gasteiger partial charge in [0, 0.05) is 6.07 Å². The molecule has 0 radical (unpaired) electrons. The Hall–Kier alpha value is -1.54. The molecule has 0 saturated carbocycles. The molecule has 0 fully saturated rings. The Labute approximate surface area is 112 Å². The summed E-state index contributed by atoms with van der Waals surface area (Å²) < 4.78 is 0.347. The van der Waals surface area contributed by atoms with Crippen LogP contribution in [0.5, 0.6) is 0 Å². The van der Waals surface area contributed by atoms with E-state index in [1.165, 1.54) is 6.20 Å². The molecule has 1 aromatic heterocycles. The Morgan fingerprint density at radius 3 is 2.78 bits per heavy atom. The van der Waals surface area contributed by atoms with Crippen LogP contribution in [0.1, 0.15) is 24.2 Å². The van der Waals surface area contributed by atoms with Crippen molar-refractivity contribution in [2.45, 2.75) is 19.4 Å². The minimum atomic E-state index is -0.811. The van der Waals surface area contributed by atoms with Crippen molar-refractivity contribution in [1.82, 2.24) is 10.3 Å². The van der Waals surface area contributed by atoms with Crippen molar-refractivity contribution in [2.24, 2.45) is 0 Å². The third-order valence-corrected chi connectivity index (χ3v) is 2.75. The van der Waals surface area contributed by atoms with Gasteiger partial charge in [-0.2, -0.15) is 0 Å². The number of aliphatic hydroxyl groups is 1. The van der Waals surface area contributed by atoms with E-state index < -0.39 is 22.2 Å². The van der Waals surface area contributed by atoms with Gasteiger partial charge in [-0.05, 0) is 39.7 Å². The van der Waals surface area contributed by atoms with E-state index in [2.05, 4.69) is 26.2 Å². The number of hydrogen-bond acceptors (Lipinski definition) is 5. The number of nitrogens with one attached hydrogen (secondary N) is 1. The highest BCUT2D eigenvalue weighted by molar-refractivity contribution is 9.10. The van der Waals surface area contributed by atoms with Gasteiger partial charge in [-0.1, -0.05) is 0 Å². The third-order valence-electron chi connectivity index (χ3n) is 2.12. The maximum Gasteiger partial charge on any atom is 0.364 e. The van der Waals surface area contributed by atoms with Crippen molar-refractivity contribution in [3.8, 4) is 0 Å². The molecule has 0 aromatic carbocycles. The number of aliphatic hydroxyl groups excluding tert-OH is 1. The van der Waals surface area contributed by atoms with Crippen LogP contribution in [0.4, 0.5) is 5.82 Å². The first-order chi connectivity index (χ1) is 8.26. The molecule has 0 aliphatic heterocycles. The number of halogens is 1. The zero-order valence-corrected chi connectivity index (χ0v) is 11.4. The molecule has 0 saturated heterocycles. The average Bonchev–Trinajstić information content (AvgIpc) is 2.28. The van der Waals surface area contributed by atoms with Gasteiger partial charge in [0.1, 0.15) is 0 Å². The van der Waals surface area contributed by atoms with Crippen LogP contribution in [0.3, 0.4) is 0 Å². The second-order valence-electron chi connectivity index (χ2n) is 4.28. The molecule has 0 aliphatic carbocycles. The fourth-order valence-electron chi connectivity index (χ4n) is 1.12. The van der Waals surface area contributed by atoms with Gasteiger partial charge < -0.3 is 20.5 Å². The van der Waals surface area contributed by atoms with Gasteiger partial charge in [0.15, 0.2) is 6.20 Å². The van der Waals surface area contributed by atoms with E-state index >= 15 is 0 Å². The van der Waals surface area contributed by atoms with E-state index in [4.69, 9.17) is 5.11 Å². The summed E-state index contributed by atoms with van der Waals surface area (Å²) in [5, 5.41) is 22.2. The van der Waals surface area contributed by atoms with E-state index in [9.17, 15) is 14.9 Å². The molecule has 98 valence electrons. The Kier molecular flexibility index (Phi) is 4.36. The Morgan fingerprint density at radius 2 is 2.28 bits per heavy atom. The fourth-order valence-corrected chi connectivity index (χ4v) is 1.51. The molecule has 0 atom stereocenters. The van der Waals surface area contributed by atoms with Crippen molar-refractivity contribution in [3.05, 3.63) is 32.4 Å². The second-order valence-corrected chi connectivity index (χ2v) is 5.13. The predicted octanol–water partition coefficient (Wildman–Crippen LogP) is 1.25. The summed E-state index contributed by atoms with van der Waals surface area (Å²) in [6, 6.07) is 1.08. The van der Waals surface area contributed by atoms with Gasteiger partial charge >= 0.3 is 5.82 Å². The molecule has 0 bridgehead atoms. The highest BCUT2D eigenvalue weighted by Gasteiger charge is 2.23. The van der Waals surface area contributed by atoms with Crippen LogP contribution in [0.2, 0.25) is 0 Å². The normalized spacial score (nSPS) is 11.1. The molecule has 8 heteroatoms. The quantitative estimate of drug-likeness (QED) is 0.642. The first-order valence-electron chi connectivity index (χ1n) is 5.00. The maximum absolute atomic E-state index is 11.9. The molecule has 1 heterocycles. The van der Waals surface area contributed by atoms with E-state index in [0.29, 0.717) is 4.47 Å². The van der Waals surface area contributed by atoms with Gasteiger partial charge in [0.2, 0.25) is 0 Å². The molecule has 1 rings (SSSR count). The highest BCUT2D eigenvalue weighted by Crippen LogP contribution is 2.20. The first-order valence-corrected chi connectivity index (χ1v) is 5.79. The van der Waals surface area contributed by atoms with Crippen LogP contribution in [0.15, 0.2) is 16.7 Å². The summed E-state index contributed by atoms with van der Waals surface area (Å²) in [5.74, 6) is -0.934. The van der Waals surface area contributed by atoms with Crippen LogP contribution in [-0.4, -0.2) is 33.1 Å². The monoisotopic (exact) mass is 317 g/mol. The molecular weight excluding hydrogens is 306 g/mol. The van der Waals surface area contributed by atoms with Crippen LogP contribution < -0.4 is 5.32 Å². The topological polar surface area (TPSA) is 105 Å². The fraction of sp³-hybridized carbons (Fsp3) is 0.400. The van der Waals surface area contributed by atoms with Crippen molar-refractivity contribution >= 4 is 27.7 Å². The molecule has 0 spiro atoms. The average molecular weight is 318 g/mol. The Morgan fingerprint density at radius 1 is 1.67 bits per heavy atom. The van der Waals surface area contributed by atoms with Crippen LogP contribution in [-0.2, 0) is 0 Å². The van der Waals surface area contributed by atoms with Gasteiger partial charge in [0.25, 0.3) is 5.91 Å². The van der Waals surface area contributed by atoms with E-state index in [1.807, 2.05) is 0 Å². The summed E-state index contributed by atoms with van der Waals surface area (Å²) in [7, 11) is 0. The number of carbonyl (C=O) groups excluding carboxylic acids is 1. The Bertz CT molecular complexity index is 490. The zero-order valence-electron chi connectivity index (χ0n) is 9.81. The standard InChI is InChI=1S/C10H12BrN3O4/c1-10(2,5-15)13-9(16)6-3-8(14(17)18)12-4-7(6)11/h3-4,15H,5H2,1-2H3,(H,13,16). The van der Waals surface area contributed by atoms with Gasteiger partial charge in [-0.3, -0.25) is 4.79 Å². The molecule has 1 aromatic rings. The van der Waals surface area contributed by atoms with Gasteiger partial charge in [0.05, 0.1) is 22.2 Å². The van der Waals surface area contributed by atoms with E-state index in [1.54, 1.807) is 13.8 Å². The van der Waals surface area contributed by atoms with Crippen LogP contribution >= 0.6 is 15.9 Å². The van der Waals surface area contributed by atoms with Crippen LogP contribution in [0, 0.1) is 10.1 Å². The van der Waals surface area contributed by atoms with Crippen molar-refractivity contribution in [1.29, 1.82) is 0 Å². The molecule has 2 N–H and O–H groups in total. The highest BCUT2D eigenvalue weighted by atomic mass is 79.9. The number of rotatable bonds is 4. The minimum absolute atomic E-state index is 0.0956. The lowest BCUT2D eigenvalue weighted by Gasteiger charge is -2.23. The van der Waals surface area contributed by atoms with Crippen LogP contribution in [0.25, 0.3) is 0 Å². The number of aromatic nitrogens is 1. The molecule has 0 aliphatic rings. The first kappa shape index (κ1) is 14.5. The zero-order chi connectivity index (χ0) is 13.9. The molecular formula is C10H12BrN3O4.